The highest BCUT2D eigenvalue weighted by molar-refractivity contribution is 7.13. The summed E-state index contributed by atoms with van der Waals surface area (Å²) in [5.74, 6) is 1.60. The lowest BCUT2D eigenvalue weighted by molar-refractivity contribution is -0.139. The van der Waals surface area contributed by atoms with Gasteiger partial charge in [0, 0.05) is 48.3 Å². The maximum atomic E-state index is 12.4. The Morgan fingerprint density at radius 3 is 2.60 bits per heavy atom. The standard InChI is InChI=1S/C25H34F3N3O2S2/c1-17-29-16-21(34-17)15-20(32)14-19-4-2-18(3-5-19)6-10-31-11-7-22-23(8-12-31)35-24(30-22)33-13-9-25(26,27)28/h16,18-19H,2-15H2,1H3. The second kappa shape index (κ2) is 12.1. The minimum absolute atomic E-state index is 0.344. The topological polar surface area (TPSA) is 55.3 Å². The summed E-state index contributed by atoms with van der Waals surface area (Å²) in [4.78, 5) is 25.8. The van der Waals surface area contributed by atoms with Crippen LogP contribution in [0.4, 0.5) is 13.2 Å². The SMILES string of the molecule is Cc1ncc(CC(=O)CC2CCC(CCN3CCc4nc(OCCC(F)(F)F)sc4CC3)CC2)s1. The third kappa shape index (κ3) is 8.53. The Morgan fingerprint density at radius 1 is 1.14 bits per heavy atom. The van der Waals surface area contributed by atoms with E-state index in [9.17, 15) is 18.0 Å². The Kier molecular flexibility index (Phi) is 9.21. The normalized spacial score (nSPS) is 21.5. The molecular weight excluding hydrogens is 495 g/mol. The molecule has 0 saturated heterocycles. The van der Waals surface area contributed by atoms with Gasteiger partial charge in [0.15, 0.2) is 0 Å². The molecule has 2 aromatic heterocycles. The average Bonchev–Trinajstić information content (AvgIpc) is 3.33. The fourth-order valence-electron chi connectivity index (χ4n) is 5.09. The number of carbonyl (C=O) groups excluding carboxylic acids is 1. The van der Waals surface area contributed by atoms with E-state index in [2.05, 4.69) is 14.9 Å². The third-order valence-electron chi connectivity index (χ3n) is 7.07. The first-order chi connectivity index (χ1) is 16.7. The van der Waals surface area contributed by atoms with E-state index < -0.39 is 12.6 Å². The van der Waals surface area contributed by atoms with Gasteiger partial charge >= 0.3 is 6.18 Å². The summed E-state index contributed by atoms with van der Waals surface area (Å²) >= 11 is 3.01. The average molecular weight is 530 g/mol. The quantitative estimate of drug-likeness (QED) is 0.376. The van der Waals surface area contributed by atoms with Gasteiger partial charge in [-0.2, -0.15) is 13.2 Å². The van der Waals surface area contributed by atoms with Crippen molar-refractivity contribution in [3.8, 4) is 5.19 Å². The van der Waals surface area contributed by atoms with Crippen molar-refractivity contribution < 1.29 is 22.7 Å². The molecule has 3 heterocycles. The van der Waals surface area contributed by atoms with Crippen LogP contribution in [-0.2, 0) is 24.1 Å². The van der Waals surface area contributed by atoms with E-state index in [1.807, 2.05) is 13.1 Å². The van der Waals surface area contributed by atoms with Gasteiger partial charge in [0.25, 0.3) is 5.19 Å². The predicted molar refractivity (Wildman–Crippen MR) is 132 cm³/mol. The van der Waals surface area contributed by atoms with Gasteiger partial charge in [-0.25, -0.2) is 9.97 Å². The van der Waals surface area contributed by atoms with Crippen LogP contribution in [0, 0.1) is 18.8 Å². The van der Waals surface area contributed by atoms with Crippen molar-refractivity contribution in [1.82, 2.24) is 14.9 Å². The number of carbonyl (C=O) groups is 1. The highest BCUT2D eigenvalue weighted by Crippen LogP contribution is 2.34. The largest absolute Gasteiger partial charge is 0.470 e. The van der Waals surface area contributed by atoms with Crippen LogP contribution in [0.5, 0.6) is 5.19 Å². The smallest absolute Gasteiger partial charge is 0.392 e. The number of thiazole rings is 2. The van der Waals surface area contributed by atoms with Crippen LogP contribution in [0.3, 0.4) is 0 Å². The fourth-order valence-corrected chi connectivity index (χ4v) is 6.88. The molecule has 0 amide bonds. The first-order valence-corrected chi connectivity index (χ1v) is 14.2. The molecule has 35 heavy (non-hydrogen) atoms. The lowest BCUT2D eigenvalue weighted by atomic mass is 9.78. The second-order valence-electron chi connectivity index (χ2n) is 9.85. The minimum atomic E-state index is -4.20. The highest BCUT2D eigenvalue weighted by atomic mass is 32.1. The van der Waals surface area contributed by atoms with E-state index in [0.29, 0.717) is 29.7 Å². The van der Waals surface area contributed by atoms with Crippen molar-refractivity contribution in [2.24, 2.45) is 11.8 Å². The summed E-state index contributed by atoms with van der Waals surface area (Å²) in [6.07, 6.45) is 5.51. The van der Waals surface area contributed by atoms with E-state index in [4.69, 9.17) is 4.74 Å². The molecule has 5 nitrogen and oxygen atoms in total. The molecule has 1 aliphatic carbocycles. The Bertz CT molecular complexity index is 942. The van der Waals surface area contributed by atoms with Crippen molar-refractivity contribution in [2.75, 3.05) is 26.2 Å². The van der Waals surface area contributed by atoms with Gasteiger partial charge in [0.2, 0.25) is 0 Å². The molecule has 0 bridgehead atoms. The summed E-state index contributed by atoms with van der Waals surface area (Å²) < 4.78 is 42.2. The Hall–Kier alpha value is -1.52. The number of ketones is 1. The van der Waals surface area contributed by atoms with E-state index in [0.717, 1.165) is 71.7 Å². The number of aromatic nitrogens is 2. The molecule has 0 aromatic carbocycles. The zero-order chi connectivity index (χ0) is 24.8. The Balaban J connectivity index is 1.12. The monoisotopic (exact) mass is 529 g/mol. The first-order valence-electron chi connectivity index (χ1n) is 12.6. The summed E-state index contributed by atoms with van der Waals surface area (Å²) in [6, 6.07) is 0. The molecule has 1 saturated carbocycles. The minimum Gasteiger partial charge on any atom is -0.470 e. The van der Waals surface area contributed by atoms with Gasteiger partial charge in [-0.05, 0) is 51.0 Å². The van der Waals surface area contributed by atoms with Crippen LogP contribution >= 0.6 is 22.7 Å². The van der Waals surface area contributed by atoms with Crippen molar-refractivity contribution in [2.45, 2.75) is 77.3 Å². The maximum Gasteiger partial charge on any atom is 0.392 e. The van der Waals surface area contributed by atoms with Crippen LogP contribution in [0.2, 0.25) is 0 Å². The van der Waals surface area contributed by atoms with Gasteiger partial charge in [0.1, 0.15) is 5.78 Å². The number of rotatable bonds is 10. The van der Waals surface area contributed by atoms with Crippen LogP contribution in [-0.4, -0.2) is 53.1 Å². The molecule has 0 unspecified atom stereocenters. The van der Waals surface area contributed by atoms with Crippen molar-refractivity contribution in [3.05, 3.63) is 26.7 Å². The highest BCUT2D eigenvalue weighted by Gasteiger charge is 2.28. The van der Waals surface area contributed by atoms with Gasteiger partial charge in [-0.3, -0.25) is 4.79 Å². The molecule has 1 aliphatic heterocycles. The lowest BCUT2D eigenvalue weighted by Gasteiger charge is -2.30. The molecule has 0 radical (unpaired) electrons. The summed E-state index contributed by atoms with van der Waals surface area (Å²) in [5, 5.41) is 1.38. The molecule has 2 aromatic rings. The van der Waals surface area contributed by atoms with Gasteiger partial charge < -0.3 is 9.64 Å². The maximum absolute atomic E-state index is 12.4. The molecular formula is C25H34F3N3O2S2. The first kappa shape index (κ1) is 26.5. The number of Topliss-reactive ketones (excluding diaryl/α,β-unsaturated/α-hetero) is 1. The van der Waals surface area contributed by atoms with Crippen LogP contribution in [0.15, 0.2) is 6.20 Å². The number of halogens is 3. The van der Waals surface area contributed by atoms with E-state index in [1.165, 1.54) is 30.6 Å². The molecule has 194 valence electrons. The van der Waals surface area contributed by atoms with Crippen molar-refractivity contribution in [3.63, 3.8) is 0 Å². The zero-order valence-electron chi connectivity index (χ0n) is 20.2. The van der Waals surface area contributed by atoms with E-state index >= 15 is 0 Å². The van der Waals surface area contributed by atoms with Crippen LogP contribution in [0.1, 0.15) is 65.4 Å². The molecule has 0 spiro atoms. The number of alkyl halides is 3. The Morgan fingerprint density at radius 2 is 1.89 bits per heavy atom. The summed E-state index contributed by atoms with van der Waals surface area (Å²) in [6.45, 7) is 4.56. The van der Waals surface area contributed by atoms with Crippen LogP contribution < -0.4 is 4.74 Å². The van der Waals surface area contributed by atoms with Crippen molar-refractivity contribution >= 4 is 28.5 Å². The second-order valence-corrected chi connectivity index (χ2v) is 12.2. The number of nitrogens with zero attached hydrogens (tertiary/aromatic N) is 3. The lowest BCUT2D eigenvalue weighted by Crippen LogP contribution is -2.30. The number of fused-ring (bicyclic) bond motifs is 1. The third-order valence-corrected chi connectivity index (χ3v) is 9.05. The number of hydrogen-bond donors (Lipinski definition) is 0. The fraction of sp³-hybridized carbons (Fsp3) is 0.720. The molecule has 10 heteroatoms. The number of hydrogen-bond acceptors (Lipinski definition) is 7. The van der Waals surface area contributed by atoms with Crippen LogP contribution in [0.25, 0.3) is 0 Å². The van der Waals surface area contributed by atoms with Gasteiger partial charge in [-0.1, -0.05) is 24.2 Å². The molecule has 1 fully saturated rings. The molecule has 0 N–H and O–H groups in total. The predicted octanol–water partition coefficient (Wildman–Crippen LogP) is 6.04. The molecule has 0 atom stereocenters. The molecule has 2 aliphatic rings. The molecule has 4 rings (SSSR count). The van der Waals surface area contributed by atoms with Crippen molar-refractivity contribution in [1.29, 1.82) is 0 Å². The van der Waals surface area contributed by atoms with E-state index in [-0.39, 0.29) is 6.61 Å². The van der Waals surface area contributed by atoms with Gasteiger partial charge in [-0.15, -0.1) is 11.3 Å². The van der Waals surface area contributed by atoms with Gasteiger partial charge in [0.05, 0.1) is 23.7 Å². The number of aryl methyl sites for hydroxylation is 1. The summed E-state index contributed by atoms with van der Waals surface area (Å²) in [7, 11) is 0. The van der Waals surface area contributed by atoms with E-state index in [1.54, 1.807) is 11.3 Å². The Labute approximate surface area is 213 Å². The number of ether oxygens (including phenoxy) is 1. The zero-order valence-corrected chi connectivity index (χ0v) is 21.9. The summed E-state index contributed by atoms with van der Waals surface area (Å²) in [5.41, 5.74) is 0.984.